The molecule has 0 unspecified atom stereocenters. The summed E-state index contributed by atoms with van der Waals surface area (Å²) in [6, 6.07) is 15.1. The number of nitrogens with zero attached hydrogens (tertiary/aromatic N) is 3. The Hall–Kier alpha value is -3.25. The zero-order chi connectivity index (χ0) is 20.4. The molecule has 0 saturated carbocycles. The Kier molecular flexibility index (Phi) is 5.27. The van der Waals surface area contributed by atoms with Gasteiger partial charge in [-0.2, -0.15) is 0 Å². The first-order valence-corrected chi connectivity index (χ1v) is 10.1. The molecule has 146 valence electrons. The Morgan fingerprint density at radius 2 is 1.90 bits per heavy atom. The van der Waals surface area contributed by atoms with Crippen molar-refractivity contribution in [3.63, 3.8) is 0 Å². The van der Waals surface area contributed by atoms with Crippen molar-refractivity contribution in [3.05, 3.63) is 83.2 Å². The van der Waals surface area contributed by atoms with Crippen LogP contribution in [0, 0.1) is 13.8 Å². The van der Waals surface area contributed by atoms with E-state index in [1.54, 1.807) is 48.7 Å². The lowest BCUT2D eigenvalue weighted by Gasteiger charge is -2.20. The van der Waals surface area contributed by atoms with Crippen LogP contribution in [-0.4, -0.2) is 23.0 Å². The molecule has 2 aromatic carbocycles. The molecule has 29 heavy (non-hydrogen) atoms. The molecule has 1 amide bonds. The van der Waals surface area contributed by atoms with Gasteiger partial charge in [0.1, 0.15) is 5.75 Å². The van der Waals surface area contributed by atoms with Gasteiger partial charge in [0.2, 0.25) is 0 Å². The molecule has 0 radical (unpaired) electrons. The average molecular weight is 404 g/mol. The van der Waals surface area contributed by atoms with Gasteiger partial charge in [0.25, 0.3) is 5.91 Å². The summed E-state index contributed by atoms with van der Waals surface area (Å²) < 4.78 is 6.28. The second kappa shape index (κ2) is 8.01. The summed E-state index contributed by atoms with van der Waals surface area (Å²) >= 11 is 1.53. The highest BCUT2D eigenvalue weighted by Gasteiger charge is 2.22. The molecule has 0 saturated heterocycles. The highest BCUT2D eigenvalue weighted by Crippen LogP contribution is 2.33. The van der Waals surface area contributed by atoms with E-state index >= 15 is 0 Å². The maximum absolute atomic E-state index is 13.4. The first-order valence-electron chi connectivity index (χ1n) is 9.28. The summed E-state index contributed by atoms with van der Waals surface area (Å²) in [5.41, 5.74) is 4.81. The van der Waals surface area contributed by atoms with Gasteiger partial charge in [0, 0.05) is 18.0 Å². The SMILES string of the molecule is COc1ccc(C(=O)N(Cc2cccnc2)c2nc3c(C)c(C)ccc3s2)cc1. The summed E-state index contributed by atoms with van der Waals surface area (Å²) in [6.07, 6.45) is 3.50. The number of fused-ring (bicyclic) bond motifs is 1. The standard InChI is InChI=1S/C23H21N3O2S/c1-15-6-11-20-21(16(15)2)25-23(29-20)26(14-17-5-4-12-24-13-17)22(27)18-7-9-19(28-3)10-8-18/h4-13H,14H2,1-3H3. The molecule has 0 aliphatic heterocycles. The quantitative estimate of drug-likeness (QED) is 0.462. The number of carbonyl (C=O) groups is 1. The number of benzene rings is 2. The van der Waals surface area contributed by atoms with Crippen molar-refractivity contribution in [2.75, 3.05) is 12.0 Å². The smallest absolute Gasteiger partial charge is 0.260 e. The lowest BCUT2D eigenvalue weighted by molar-refractivity contribution is 0.0985. The van der Waals surface area contributed by atoms with E-state index in [1.165, 1.54) is 16.9 Å². The second-order valence-corrected chi connectivity index (χ2v) is 7.84. The predicted molar refractivity (Wildman–Crippen MR) is 117 cm³/mol. The van der Waals surface area contributed by atoms with Gasteiger partial charge in [0.15, 0.2) is 5.13 Å². The van der Waals surface area contributed by atoms with Crippen LogP contribution in [0.5, 0.6) is 5.75 Å². The van der Waals surface area contributed by atoms with Crippen LogP contribution in [0.1, 0.15) is 27.0 Å². The lowest BCUT2D eigenvalue weighted by Crippen LogP contribution is -2.30. The molecule has 6 heteroatoms. The molecule has 0 fully saturated rings. The third kappa shape index (κ3) is 3.84. The van der Waals surface area contributed by atoms with Crippen LogP contribution in [0.3, 0.4) is 0 Å². The van der Waals surface area contributed by atoms with Crippen LogP contribution in [-0.2, 0) is 6.54 Å². The number of aromatic nitrogens is 2. The fourth-order valence-electron chi connectivity index (χ4n) is 3.12. The number of hydrogen-bond donors (Lipinski definition) is 0. The number of pyridine rings is 1. The average Bonchev–Trinajstić information content (AvgIpc) is 3.20. The molecular weight excluding hydrogens is 382 g/mol. The second-order valence-electron chi connectivity index (χ2n) is 6.83. The molecular formula is C23H21N3O2S. The molecule has 0 bridgehead atoms. The topological polar surface area (TPSA) is 55.3 Å². The van der Waals surface area contributed by atoms with Crippen LogP contribution in [0.4, 0.5) is 5.13 Å². The third-order valence-electron chi connectivity index (χ3n) is 4.95. The number of methoxy groups -OCH3 is 1. The molecule has 0 atom stereocenters. The van der Waals surface area contributed by atoms with Crippen molar-refractivity contribution < 1.29 is 9.53 Å². The van der Waals surface area contributed by atoms with Crippen molar-refractivity contribution in [3.8, 4) is 5.75 Å². The summed E-state index contributed by atoms with van der Waals surface area (Å²) in [7, 11) is 1.61. The van der Waals surface area contributed by atoms with Gasteiger partial charge in [-0.05, 0) is 66.9 Å². The van der Waals surface area contributed by atoms with Crippen molar-refractivity contribution in [1.29, 1.82) is 0 Å². The Morgan fingerprint density at radius 1 is 1.10 bits per heavy atom. The molecule has 0 aliphatic carbocycles. The van der Waals surface area contributed by atoms with Crippen molar-refractivity contribution in [1.82, 2.24) is 9.97 Å². The van der Waals surface area contributed by atoms with Crippen molar-refractivity contribution >= 4 is 32.6 Å². The molecule has 0 N–H and O–H groups in total. The van der Waals surface area contributed by atoms with Crippen LogP contribution in [0.2, 0.25) is 0 Å². The number of aryl methyl sites for hydroxylation is 2. The number of ether oxygens (including phenoxy) is 1. The minimum Gasteiger partial charge on any atom is -0.497 e. The molecule has 2 heterocycles. The maximum atomic E-state index is 13.4. The number of hydrogen-bond acceptors (Lipinski definition) is 5. The molecule has 0 aliphatic rings. The van der Waals surface area contributed by atoms with E-state index in [1.807, 2.05) is 12.1 Å². The number of amides is 1. The lowest BCUT2D eigenvalue weighted by atomic mass is 10.1. The van der Waals surface area contributed by atoms with E-state index in [4.69, 9.17) is 9.72 Å². The van der Waals surface area contributed by atoms with E-state index in [0.717, 1.165) is 21.3 Å². The fraction of sp³-hybridized carbons (Fsp3) is 0.174. The number of carbonyl (C=O) groups excluding carboxylic acids is 1. The van der Waals surface area contributed by atoms with Crippen LogP contribution >= 0.6 is 11.3 Å². The number of rotatable bonds is 5. The number of thiazole rings is 1. The normalized spacial score (nSPS) is 10.9. The minimum atomic E-state index is -0.107. The van der Waals surface area contributed by atoms with E-state index in [2.05, 4.69) is 31.0 Å². The maximum Gasteiger partial charge on any atom is 0.260 e. The zero-order valence-electron chi connectivity index (χ0n) is 16.5. The van der Waals surface area contributed by atoms with Crippen LogP contribution in [0.25, 0.3) is 10.2 Å². The summed E-state index contributed by atoms with van der Waals surface area (Å²) in [5.74, 6) is 0.608. The number of anilines is 1. The minimum absolute atomic E-state index is 0.107. The van der Waals surface area contributed by atoms with Gasteiger partial charge in [-0.25, -0.2) is 4.98 Å². The van der Waals surface area contributed by atoms with Gasteiger partial charge in [0.05, 0.1) is 23.9 Å². The zero-order valence-corrected chi connectivity index (χ0v) is 17.4. The summed E-state index contributed by atoms with van der Waals surface area (Å²) in [4.78, 5) is 24.1. The Morgan fingerprint density at radius 3 is 2.59 bits per heavy atom. The first kappa shape index (κ1) is 19.1. The van der Waals surface area contributed by atoms with Gasteiger partial charge in [-0.3, -0.25) is 14.7 Å². The van der Waals surface area contributed by atoms with Crippen LogP contribution in [0.15, 0.2) is 60.9 Å². The van der Waals surface area contributed by atoms with Gasteiger partial charge in [-0.1, -0.05) is 23.5 Å². The monoisotopic (exact) mass is 403 g/mol. The molecule has 2 aromatic heterocycles. The van der Waals surface area contributed by atoms with Gasteiger partial charge in [-0.15, -0.1) is 0 Å². The van der Waals surface area contributed by atoms with Gasteiger partial charge < -0.3 is 4.74 Å². The summed E-state index contributed by atoms with van der Waals surface area (Å²) in [6.45, 7) is 4.54. The summed E-state index contributed by atoms with van der Waals surface area (Å²) in [5, 5.41) is 0.679. The van der Waals surface area contributed by atoms with E-state index < -0.39 is 0 Å². The molecule has 4 rings (SSSR count). The predicted octanol–water partition coefficient (Wildman–Crippen LogP) is 5.16. The van der Waals surface area contributed by atoms with Crippen molar-refractivity contribution in [2.45, 2.75) is 20.4 Å². The Bertz CT molecular complexity index is 1150. The Labute approximate surface area is 173 Å². The largest absolute Gasteiger partial charge is 0.497 e. The highest BCUT2D eigenvalue weighted by atomic mass is 32.1. The highest BCUT2D eigenvalue weighted by molar-refractivity contribution is 7.22. The molecule has 0 spiro atoms. The third-order valence-corrected chi connectivity index (χ3v) is 5.99. The van der Waals surface area contributed by atoms with Crippen LogP contribution < -0.4 is 9.64 Å². The van der Waals surface area contributed by atoms with Gasteiger partial charge >= 0.3 is 0 Å². The van der Waals surface area contributed by atoms with E-state index in [0.29, 0.717) is 23.0 Å². The molecule has 5 nitrogen and oxygen atoms in total. The van der Waals surface area contributed by atoms with E-state index in [9.17, 15) is 4.79 Å². The fourth-order valence-corrected chi connectivity index (χ4v) is 4.14. The molecule has 4 aromatic rings. The Balaban J connectivity index is 1.77. The van der Waals surface area contributed by atoms with E-state index in [-0.39, 0.29) is 5.91 Å². The first-order chi connectivity index (χ1) is 14.1. The van der Waals surface area contributed by atoms with Crippen molar-refractivity contribution in [2.24, 2.45) is 0 Å².